The molecule has 3 aromatic rings. The van der Waals surface area contributed by atoms with Crippen molar-refractivity contribution in [1.82, 2.24) is 15.0 Å². The summed E-state index contributed by atoms with van der Waals surface area (Å²) in [5.41, 5.74) is 6.92. The summed E-state index contributed by atoms with van der Waals surface area (Å²) in [6, 6.07) is 6.78. The highest BCUT2D eigenvalue weighted by Gasteiger charge is 2.30. The van der Waals surface area contributed by atoms with Crippen LogP contribution in [0, 0.1) is 6.92 Å². The zero-order chi connectivity index (χ0) is 19.4. The minimum atomic E-state index is -4.35. The number of nitrogens with one attached hydrogen (secondary N) is 1. The van der Waals surface area contributed by atoms with Crippen LogP contribution in [0.2, 0.25) is 0 Å². The summed E-state index contributed by atoms with van der Waals surface area (Å²) in [5.74, 6) is 0.504. The van der Waals surface area contributed by atoms with Crippen LogP contribution in [0.1, 0.15) is 17.7 Å². The van der Waals surface area contributed by atoms with Crippen molar-refractivity contribution in [2.75, 3.05) is 18.4 Å². The monoisotopic (exact) mass is 393 g/mol. The van der Waals surface area contributed by atoms with Crippen LogP contribution in [-0.4, -0.2) is 28.0 Å². The molecule has 3 rings (SSSR count). The number of benzene rings is 1. The van der Waals surface area contributed by atoms with Crippen LogP contribution in [0.25, 0.3) is 21.1 Å². The molecule has 0 spiro atoms. The summed E-state index contributed by atoms with van der Waals surface area (Å²) >= 11 is 1.39. The number of rotatable bonds is 6. The highest BCUT2D eigenvalue weighted by molar-refractivity contribution is 7.18. The maximum absolute atomic E-state index is 12.7. The Balaban J connectivity index is 1.85. The molecule has 0 aliphatic rings. The van der Waals surface area contributed by atoms with Crippen LogP contribution in [-0.2, 0) is 6.18 Å². The van der Waals surface area contributed by atoms with Crippen molar-refractivity contribution in [3.05, 3.63) is 47.8 Å². The number of aryl methyl sites for hydroxylation is 1. The van der Waals surface area contributed by atoms with Gasteiger partial charge < -0.3 is 11.1 Å². The second-order valence-corrected chi connectivity index (χ2v) is 6.84. The van der Waals surface area contributed by atoms with E-state index >= 15 is 0 Å². The predicted molar refractivity (Wildman–Crippen MR) is 100 cm³/mol. The number of alkyl halides is 3. The van der Waals surface area contributed by atoms with E-state index in [1.165, 1.54) is 23.5 Å². The first-order valence-corrected chi connectivity index (χ1v) is 9.12. The number of halogens is 3. The van der Waals surface area contributed by atoms with E-state index in [9.17, 15) is 13.2 Å². The predicted octanol–water partition coefficient (Wildman–Crippen LogP) is 4.36. The lowest BCUT2D eigenvalue weighted by atomic mass is 10.1. The van der Waals surface area contributed by atoms with Crippen LogP contribution >= 0.6 is 11.3 Å². The fourth-order valence-electron chi connectivity index (χ4n) is 2.43. The van der Waals surface area contributed by atoms with E-state index in [4.69, 9.17) is 5.73 Å². The van der Waals surface area contributed by atoms with Crippen molar-refractivity contribution < 1.29 is 13.2 Å². The zero-order valence-electron chi connectivity index (χ0n) is 14.5. The maximum Gasteiger partial charge on any atom is 0.416 e. The quantitative estimate of drug-likeness (QED) is 0.609. The molecule has 2 aromatic heterocycles. The standard InChI is InChI=1S/C18H18F3N5S/c1-11-15(14-7-10-24-17(26-14)23-9-2-8-22)27-16(25-11)12-3-5-13(6-4-12)18(19,20)21/h3-7,10H,2,8-9,22H2,1H3,(H,23,24,26). The Hall–Kier alpha value is -2.52. The van der Waals surface area contributed by atoms with Crippen molar-refractivity contribution in [1.29, 1.82) is 0 Å². The third-order valence-corrected chi connectivity index (χ3v) is 5.04. The van der Waals surface area contributed by atoms with E-state index in [0.29, 0.717) is 35.3 Å². The van der Waals surface area contributed by atoms with E-state index in [1.807, 2.05) is 6.92 Å². The molecule has 0 aliphatic heterocycles. The number of anilines is 1. The number of nitrogens with two attached hydrogens (primary N) is 1. The second kappa shape index (κ2) is 8.01. The number of hydrogen-bond acceptors (Lipinski definition) is 6. The second-order valence-electron chi connectivity index (χ2n) is 5.84. The van der Waals surface area contributed by atoms with Gasteiger partial charge in [0.2, 0.25) is 5.95 Å². The number of thiazole rings is 1. The van der Waals surface area contributed by atoms with E-state index < -0.39 is 11.7 Å². The third-order valence-electron chi connectivity index (χ3n) is 3.81. The number of aromatic nitrogens is 3. The van der Waals surface area contributed by atoms with Gasteiger partial charge in [-0.05, 0) is 38.1 Å². The summed E-state index contributed by atoms with van der Waals surface area (Å²) in [6.45, 7) is 3.11. The van der Waals surface area contributed by atoms with Crippen molar-refractivity contribution in [3.8, 4) is 21.1 Å². The molecule has 9 heteroatoms. The molecule has 0 saturated carbocycles. The molecular weight excluding hydrogens is 375 g/mol. The topological polar surface area (TPSA) is 76.7 Å². The lowest BCUT2D eigenvalue weighted by molar-refractivity contribution is -0.137. The Morgan fingerprint density at radius 2 is 1.85 bits per heavy atom. The van der Waals surface area contributed by atoms with Gasteiger partial charge in [0.25, 0.3) is 0 Å². The summed E-state index contributed by atoms with van der Waals surface area (Å²) in [5, 5.41) is 3.76. The Bertz CT molecular complexity index is 906. The van der Waals surface area contributed by atoms with Gasteiger partial charge in [0.15, 0.2) is 0 Å². The molecule has 27 heavy (non-hydrogen) atoms. The van der Waals surface area contributed by atoms with E-state index in [2.05, 4.69) is 20.3 Å². The fraction of sp³-hybridized carbons (Fsp3) is 0.278. The summed E-state index contributed by atoms with van der Waals surface area (Å²) in [4.78, 5) is 14.0. The fourth-order valence-corrected chi connectivity index (χ4v) is 3.47. The van der Waals surface area contributed by atoms with E-state index in [-0.39, 0.29) is 0 Å². The Kier molecular flexibility index (Phi) is 5.71. The average Bonchev–Trinajstić information content (AvgIpc) is 3.03. The first-order chi connectivity index (χ1) is 12.9. The first-order valence-electron chi connectivity index (χ1n) is 8.31. The lowest BCUT2D eigenvalue weighted by Crippen LogP contribution is -2.10. The molecule has 0 aliphatic carbocycles. The molecule has 0 unspecified atom stereocenters. The molecule has 0 fully saturated rings. The minimum absolute atomic E-state index is 0.504. The molecule has 3 N–H and O–H groups in total. The van der Waals surface area contributed by atoms with Crippen LogP contribution in [0.4, 0.5) is 19.1 Å². The minimum Gasteiger partial charge on any atom is -0.354 e. The van der Waals surface area contributed by atoms with Crippen molar-refractivity contribution in [2.24, 2.45) is 5.73 Å². The normalized spacial score (nSPS) is 11.6. The molecule has 0 amide bonds. The largest absolute Gasteiger partial charge is 0.416 e. The summed E-state index contributed by atoms with van der Waals surface area (Å²) < 4.78 is 38.2. The van der Waals surface area contributed by atoms with Gasteiger partial charge in [-0.15, -0.1) is 11.3 Å². The van der Waals surface area contributed by atoms with Gasteiger partial charge in [0, 0.05) is 18.3 Å². The van der Waals surface area contributed by atoms with E-state index in [0.717, 1.165) is 29.1 Å². The summed E-state index contributed by atoms with van der Waals surface area (Å²) in [7, 11) is 0. The van der Waals surface area contributed by atoms with Gasteiger partial charge in [0.05, 0.1) is 21.8 Å². The van der Waals surface area contributed by atoms with Crippen LogP contribution in [0.15, 0.2) is 36.5 Å². The van der Waals surface area contributed by atoms with Crippen LogP contribution in [0.3, 0.4) is 0 Å². The third kappa shape index (κ3) is 4.61. The van der Waals surface area contributed by atoms with Crippen molar-refractivity contribution >= 4 is 17.3 Å². The van der Waals surface area contributed by atoms with Gasteiger partial charge in [-0.3, -0.25) is 0 Å². The molecule has 1 aromatic carbocycles. The van der Waals surface area contributed by atoms with Gasteiger partial charge in [-0.25, -0.2) is 15.0 Å². The van der Waals surface area contributed by atoms with Crippen molar-refractivity contribution in [3.63, 3.8) is 0 Å². The lowest BCUT2D eigenvalue weighted by Gasteiger charge is -2.06. The molecule has 0 saturated heterocycles. The van der Waals surface area contributed by atoms with Gasteiger partial charge in [-0.2, -0.15) is 13.2 Å². The molecule has 5 nitrogen and oxygen atoms in total. The Morgan fingerprint density at radius 1 is 1.11 bits per heavy atom. The van der Waals surface area contributed by atoms with Gasteiger partial charge in [-0.1, -0.05) is 12.1 Å². The number of hydrogen-bond donors (Lipinski definition) is 2. The zero-order valence-corrected chi connectivity index (χ0v) is 15.4. The Labute approximate surface area is 158 Å². The smallest absolute Gasteiger partial charge is 0.354 e. The van der Waals surface area contributed by atoms with Crippen LogP contribution in [0.5, 0.6) is 0 Å². The first kappa shape index (κ1) is 19.2. The SMILES string of the molecule is Cc1nc(-c2ccc(C(F)(F)F)cc2)sc1-c1ccnc(NCCCN)n1. The molecule has 0 bridgehead atoms. The van der Waals surface area contributed by atoms with Crippen LogP contribution < -0.4 is 11.1 Å². The molecule has 0 atom stereocenters. The molecule has 2 heterocycles. The highest BCUT2D eigenvalue weighted by Crippen LogP contribution is 2.36. The Morgan fingerprint density at radius 3 is 2.52 bits per heavy atom. The average molecular weight is 393 g/mol. The molecule has 142 valence electrons. The summed E-state index contributed by atoms with van der Waals surface area (Å²) in [6.07, 6.45) is -1.88. The van der Waals surface area contributed by atoms with Gasteiger partial charge in [0.1, 0.15) is 5.01 Å². The number of nitrogens with zero attached hydrogens (tertiary/aromatic N) is 3. The molecular formula is C18H18F3N5S. The highest BCUT2D eigenvalue weighted by atomic mass is 32.1. The van der Waals surface area contributed by atoms with E-state index in [1.54, 1.807) is 12.3 Å². The van der Waals surface area contributed by atoms with Crippen molar-refractivity contribution in [2.45, 2.75) is 19.5 Å². The maximum atomic E-state index is 12.7. The van der Waals surface area contributed by atoms with Gasteiger partial charge >= 0.3 is 6.18 Å². The molecule has 0 radical (unpaired) electrons.